The van der Waals surface area contributed by atoms with Crippen LogP contribution in [0.2, 0.25) is 5.02 Å². The minimum atomic E-state index is -0.883. The van der Waals surface area contributed by atoms with Crippen LogP contribution in [0.1, 0.15) is 26.7 Å². The summed E-state index contributed by atoms with van der Waals surface area (Å²) in [5.74, 6) is -1.61. The van der Waals surface area contributed by atoms with Crippen LogP contribution in [0.4, 0.5) is 14.5 Å². The Kier molecular flexibility index (Phi) is 5.13. The fourth-order valence-electron chi connectivity index (χ4n) is 2.07. The topological polar surface area (TPSA) is 46.9 Å². The highest BCUT2D eigenvalue weighted by atomic mass is 35.5. The first kappa shape index (κ1) is 16.4. The summed E-state index contributed by atoms with van der Waals surface area (Å²) >= 11 is 6.06. The zero-order valence-electron chi connectivity index (χ0n) is 12.2. The van der Waals surface area contributed by atoms with Crippen molar-refractivity contribution in [1.29, 1.82) is 0 Å². The third-order valence-corrected chi connectivity index (χ3v) is 3.77. The minimum absolute atomic E-state index is 0.0781. The Morgan fingerprint density at radius 2 is 2.00 bits per heavy atom. The van der Waals surface area contributed by atoms with Crippen LogP contribution in [0.25, 0.3) is 5.69 Å². The van der Waals surface area contributed by atoms with E-state index in [4.69, 9.17) is 11.6 Å². The highest BCUT2D eigenvalue weighted by molar-refractivity contribution is 6.32. The number of hydrogen-bond acceptors (Lipinski definition) is 3. The fraction of sp³-hybridized carbons (Fsp3) is 0.333. The average Bonchev–Trinajstić information content (AvgIpc) is 2.50. The van der Waals surface area contributed by atoms with Gasteiger partial charge in [-0.3, -0.25) is 4.79 Å². The van der Waals surface area contributed by atoms with E-state index in [1.807, 2.05) is 13.8 Å². The fourth-order valence-corrected chi connectivity index (χ4v) is 2.25. The number of benzene rings is 1. The van der Waals surface area contributed by atoms with Crippen molar-refractivity contribution in [3.8, 4) is 5.69 Å². The Labute approximate surface area is 131 Å². The maximum atomic E-state index is 13.8. The quantitative estimate of drug-likeness (QED) is 0.909. The van der Waals surface area contributed by atoms with Crippen LogP contribution in [0, 0.1) is 11.6 Å². The van der Waals surface area contributed by atoms with Gasteiger partial charge in [0, 0.05) is 12.1 Å². The van der Waals surface area contributed by atoms with Crippen LogP contribution in [0.3, 0.4) is 0 Å². The molecule has 1 N–H and O–H groups in total. The predicted molar refractivity (Wildman–Crippen MR) is 82.8 cm³/mol. The molecule has 0 atom stereocenters. The molecule has 2 rings (SSSR count). The maximum absolute atomic E-state index is 13.8. The predicted octanol–water partition coefficient (Wildman–Crippen LogP) is 3.76. The number of aromatic nitrogens is 2. The van der Waals surface area contributed by atoms with Gasteiger partial charge in [-0.05, 0) is 25.0 Å². The molecule has 2 aromatic rings. The summed E-state index contributed by atoms with van der Waals surface area (Å²) in [6.07, 6.45) is 3.09. The van der Waals surface area contributed by atoms with Crippen molar-refractivity contribution in [3.05, 3.63) is 51.4 Å². The molecule has 22 heavy (non-hydrogen) atoms. The van der Waals surface area contributed by atoms with Gasteiger partial charge in [0.15, 0.2) is 5.82 Å². The molecule has 0 saturated carbocycles. The van der Waals surface area contributed by atoms with E-state index < -0.39 is 17.2 Å². The molecule has 0 amide bonds. The van der Waals surface area contributed by atoms with Gasteiger partial charge < -0.3 is 5.32 Å². The molecule has 1 heterocycles. The summed E-state index contributed by atoms with van der Waals surface area (Å²) in [5, 5.41) is 6.97. The van der Waals surface area contributed by atoms with Crippen molar-refractivity contribution in [2.24, 2.45) is 0 Å². The van der Waals surface area contributed by atoms with Gasteiger partial charge in [-0.15, -0.1) is 0 Å². The Bertz CT molecular complexity index is 729. The lowest BCUT2D eigenvalue weighted by atomic mass is 10.1. The highest BCUT2D eigenvalue weighted by Gasteiger charge is 2.15. The lowest BCUT2D eigenvalue weighted by molar-refractivity contribution is 0.570. The molecule has 0 saturated heterocycles. The van der Waals surface area contributed by atoms with Crippen LogP contribution >= 0.6 is 11.6 Å². The minimum Gasteiger partial charge on any atom is -0.380 e. The molecule has 0 unspecified atom stereocenters. The molecule has 0 aliphatic carbocycles. The standard InChI is InChI=1S/C15H16ClF2N3O/c1-3-10(4-2)20-12-8-19-21(15(22)14(12)16)13-6-5-9(17)7-11(13)18/h5-8,10,20H,3-4H2,1-2H3. The third-order valence-electron chi connectivity index (χ3n) is 3.40. The van der Waals surface area contributed by atoms with E-state index >= 15 is 0 Å². The van der Waals surface area contributed by atoms with Gasteiger partial charge in [0.2, 0.25) is 0 Å². The van der Waals surface area contributed by atoms with Crippen LogP contribution in [-0.4, -0.2) is 15.8 Å². The number of halogens is 3. The molecule has 118 valence electrons. The summed E-state index contributed by atoms with van der Waals surface area (Å²) < 4.78 is 27.5. The van der Waals surface area contributed by atoms with E-state index in [0.29, 0.717) is 11.8 Å². The lowest BCUT2D eigenvalue weighted by Crippen LogP contribution is -2.26. The number of nitrogens with zero attached hydrogens (tertiary/aromatic N) is 2. The molecular formula is C15H16ClF2N3O. The summed E-state index contributed by atoms with van der Waals surface area (Å²) in [5.41, 5.74) is -0.412. The zero-order chi connectivity index (χ0) is 16.3. The highest BCUT2D eigenvalue weighted by Crippen LogP contribution is 2.20. The lowest BCUT2D eigenvalue weighted by Gasteiger charge is -2.17. The molecule has 0 fully saturated rings. The largest absolute Gasteiger partial charge is 0.380 e. The van der Waals surface area contributed by atoms with E-state index in [1.54, 1.807) is 0 Å². The molecule has 1 aromatic carbocycles. The van der Waals surface area contributed by atoms with Crippen molar-refractivity contribution in [2.45, 2.75) is 32.7 Å². The summed E-state index contributed by atoms with van der Waals surface area (Å²) in [4.78, 5) is 12.3. The van der Waals surface area contributed by atoms with Crippen LogP contribution in [0.5, 0.6) is 0 Å². The second-order valence-corrected chi connectivity index (χ2v) is 5.22. The number of hydrogen-bond donors (Lipinski definition) is 1. The van der Waals surface area contributed by atoms with Crippen molar-refractivity contribution >= 4 is 17.3 Å². The number of anilines is 1. The van der Waals surface area contributed by atoms with Gasteiger partial charge >= 0.3 is 0 Å². The Morgan fingerprint density at radius 1 is 1.32 bits per heavy atom. The van der Waals surface area contributed by atoms with E-state index in [0.717, 1.165) is 29.7 Å². The SMILES string of the molecule is CCC(CC)Nc1cnn(-c2ccc(F)cc2F)c(=O)c1Cl. The summed E-state index contributed by atoms with van der Waals surface area (Å²) in [7, 11) is 0. The monoisotopic (exact) mass is 327 g/mol. The van der Waals surface area contributed by atoms with Gasteiger partial charge in [-0.1, -0.05) is 25.4 Å². The van der Waals surface area contributed by atoms with E-state index in [1.165, 1.54) is 6.20 Å². The molecule has 0 aliphatic heterocycles. The van der Waals surface area contributed by atoms with E-state index in [9.17, 15) is 13.6 Å². The van der Waals surface area contributed by atoms with Gasteiger partial charge in [0.1, 0.15) is 16.5 Å². The van der Waals surface area contributed by atoms with Crippen molar-refractivity contribution < 1.29 is 8.78 Å². The van der Waals surface area contributed by atoms with Crippen molar-refractivity contribution in [2.75, 3.05) is 5.32 Å². The summed E-state index contributed by atoms with van der Waals surface area (Å²) in [6, 6.07) is 3.05. The first-order chi connectivity index (χ1) is 10.5. The van der Waals surface area contributed by atoms with Crippen molar-refractivity contribution in [3.63, 3.8) is 0 Å². The van der Waals surface area contributed by atoms with E-state index in [-0.39, 0.29) is 16.8 Å². The van der Waals surface area contributed by atoms with Gasteiger partial charge in [0.05, 0.1) is 11.9 Å². The van der Waals surface area contributed by atoms with E-state index in [2.05, 4.69) is 10.4 Å². The molecule has 7 heteroatoms. The van der Waals surface area contributed by atoms with Crippen LogP contribution in [0.15, 0.2) is 29.2 Å². The maximum Gasteiger partial charge on any atom is 0.292 e. The first-order valence-corrected chi connectivity index (χ1v) is 7.35. The molecule has 0 spiro atoms. The second kappa shape index (κ2) is 6.87. The van der Waals surface area contributed by atoms with Crippen LogP contribution in [-0.2, 0) is 0 Å². The molecule has 4 nitrogen and oxygen atoms in total. The van der Waals surface area contributed by atoms with Gasteiger partial charge in [-0.25, -0.2) is 8.78 Å². The smallest absolute Gasteiger partial charge is 0.292 e. The van der Waals surface area contributed by atoms with Gasteiger partial charge in [-0.2, -0.15) is 9.78 Å². The normalized spacial score (nSPS) is 11.0. The Hall–Kier alpha value is -1.95. The Morgan fingerprint density at radius 3 is 2.59 bits per heavy atom. The van der Waals surface area contributed by atoms with Gasteiger partial charge in [0.25, 0.3) is 5.56 Å². The molecule has 0 bridgehead atoms. The van der Waals surface area contributed by atoms with Crippen molar-refractivity contribution in [1.82, 2.24) is 9.78 Å². The third kappa shape index (κ3) is 3.27. The molecule has 0 aliphatic rings. The molecule has 1 aromatic heterocycles. The average molecular weight is 328 g/mol. The number of nitrogens with one attached hydrogen (secondary N) is 1. The summed E-state index contributed by atoms with van der Waals surface area (Å²) in [6.45, 7) is 4.02. The molecular weight excluding hydrogens is 312 g/mol. The Balaban J connectivity index is 2.44. The second-order valence-electron chi connectivity index (χ2n) is 4.84. The van der Waals surface area contributed by atoms with Crippen LogP contribution < -0.4 is 10.9 Å². The zero-order valence-corrected chi connectivity index (χ0v) is 13.0. The molecule has 0 radical (unpaired) electrons. The first-order valence-electron chi connectivity index (χ1n) is 6.97. The number of rotatable bonds is 5.